The second-order valence-electron chi connectivity index (χ2n) is 4.40. The largest absolute Gasteiger partial charge is 0.466 e. The number of carbonyl (C=O) groups is 1. The molecule has 2 rings (SSSR count). The van der Waals surface area contributed by atoms with Crippen LogP contribution >= 0.6 is 0 Å². The van der Waals surface area contributed by atoms with Gasteiger partial charge in [-0.15, -0.1) is 0 Å². The molecule has 0 fully saturated rings. The van der Waals surface area contributed by atoms with E-state index in [9.17, 15) is 9.59 Å². The van der Waals surface area contributed by atoms with E-state index in [0.29, 0.717) is 18.6 Å². The summed E-state index contributed by atoms with van der Waals surface area (Å²) in [6, 6.07) is 7.13. The normalized spacial score (nSPS) is 10.6. The monoisotopic (exact) mass is 260 g/mol. The zero-order valence-corrected chi connectivity index (χ0v) is 11.1. The Hall–Kier alpha value is -2.10. The minimum absolute atomic E-state index is 0.254. The lowest BCUT2D eigenvalue weighted by Crippen LogP contribution is -2.07. The number of aryl methyl sites for hydroxylation is 2. The number of hydrogen-bond donors (Lipinski definition) is 0. The first-order valence-corrected chi connectivity index (χ1v) is 6.29. The van der Waals surface area contributed by atoms with Crippen molar-refractivity contribution in [3.05, 3.63) is 45.8 Å². The molecule has 0 N–H and O–H groups in total. The summed E-state index contributed by atoms with van der Waals surface area (Å²) >= 11 is 0. The van der Waals surface area contributed by atoms with Crippen LogP contribution in [0.5, 0.6) is 0 Å². The first-order chi connectivity index (χ1) is 9.10. The highest BCUT2D eigenvalue weighted by Crippen LogP contribution is 2.19. The molecule has 100 valence electrons. The highest BCUT2D eigenvalue weighted by atomic mass is 16.5. The molecule has 0 aliphatic carbocycles. The van der Waals surface area contributed by atoms with E-state index in [0.717, 1.165) is 16.5 Å². The molecule has 0 radical (unpaired) electrons. The Morgan fingerprint density at radius 3 is 2.84 bits per heavy atom. The SMILES string of the molecule is CCOC(=O)CCc1cc(=O)oc2cc(C)ccc12. The summed E-state index contributed by atoms with van der Waals surface area (Å²) in [5.41, 5.74) is 2.01. The van der Waals surface area contributed by atoms with E-state index in [-0.39, 0.29) is 12.4 Å². The maximum atomic E-state index is 11.5. The first-order valence-electron chi connectivity index (χ1n) is 6.29. The van der Waals surface area contributed by atoms with Crippen LogP contribution in [0.1, 0.15) is 24.5 Å². The van der Waals surface area contributed by atoms with Crippen molar-refractivity contribution < 1.29 is 13.9 Å². The lowest BCUT2D eigenvalue weighted by atomic mass is 10.0. The highest BCUT2D eigenvalue weighted by molar-refractivity contribution is 5.81. The maximum absolute atomic E-state index is 11.5. The van der Waals surface area contributed by atoms with Crippen LogP contribution in [0.3, 0.4) is 0 Å². The molecule has 0 atom stereocenters. The topological polar surface area (TPSA) is 56.5 Å². The van der Waals surface area contributed by atoms with Crippen LogP contribution in [0.25, 0.3) is 11.0 Å². The van der Waals surface area contributed by atoms with Crippen LogP contribution in [-0.2, 0) is 16.0 Å². The fourth-order valence-corrected chi connectivity index (χ4v) is 2.01. The van der Waals surface area contributed by atoms with Gasteiger partial charge in [0.25, 0.3) is 0 Å². The van der Waals surface area contributed by atoms with Gasteiger partial charge in [0, 0.05) is 17.9 Å². The molecular formula is C15H16O4. The molecule has 0 amide bonds. The van der Waals surface area contributed by atoms with Crippen molar-refractivity contribution in [2.75, 3.05) is 6.61 Å². The fraction of sp³-hybridized carbons (Fsp3) is 0.333. The number of benzene rings is 1. The molecular weight excluding hydrogens is 244 g/mol. The van der Waals surface area contributed by atoms with Gasteiger partial charge in [0.2, 0.25) is 0 Å². The van der Waals surface area contributed by atoms with Crippen molar-refractivity contribution in [2.45, 2.75) is 26.7 Å². The van der Waals surface area contributed by atoms with E-state index in [1.54, 1.807) is 6.92 Å². The van der Waals surface area contributed by atoms with Crippen LogP contribution in [0.15, 0.2) is 33.5 Å². The first kappa shape index (κ1) is 13.3. The van der Waals surface area contributed by atoms with E-state index >= 15 is 0 Å². The second-order valence-corrected chi connectivity index (χ2v) is 4.40. The number of esters is 1. The summed E-state index contributed by atoms with van der Waals surface area (Å²) < 4.78 is 10.1. The molecule has 0 saturated carbocycles. The molecule has 19 heavy (non-hydrogen) atoms. The third-order valence-electron chi connectivity index (χ3n) is 2.89. The van der Waals surface area contributed by atoms with E-state index in [2.05, 4.69) is 0 Å². The Morgan fingerprint density at radius 2 is 2.11 bits per heavy atom. The summed E-state index contributed by atoms with van der Waals surface area (Å²) in [6.07, 6.45) is 0.740. The predicted octanol–water partition coefficient (Wildman–Crippen LogP) is 2.60. The highest BCUT2D eigenvalue weighted by Gasteiger charge is 2.08. The Morgan fingerprint density at radius 1 is 1.32 bits per heavy atom. The molecule has 2 aromatic rings. The van der Waals surface area contributed by atoms with Crippen molar-refractivity contribution in [3.8, 4) is 0 Å². The van der Waals surface area contributed by atoms with E-state index in [4.69, 9.17) is 9.15 Å². The molecule has 0 saturated heterocycles. The molecule has 1 heterocycles. The average molecular weight is 260 g/mol. The number of carbonyl (C=O) groups excluding carboxylic acids is 1. The smallest absolute Gasteiger partial charge is 0.336 e. The molecule has 0 aliphatic heterocycles. The van der Waals surface area contributed by atoms with Crippen LogP contribution < -0.4 is 5.63 Å². The zero-order chi connectivity index (χ0) is 13.8. The summed E-state index contributed by atoms with van der Waals surface area (Å²) in [5, 5.41) is 0.870. The maximum Gasteiger partial charge on any atom is 0.336 e. The summed E-state index contributed by atoms with van der Waals surface area (Å²) in [7, 11) is 0. The molecule has 4 nitrogen and oxygen atoms in total. The summed E-state index contributed by atoms with van der Waals surface area (Å²) in [5.74, 6) is -0.254. The third-order valence-corrected chi connectivity index (χ3v) is 2.89. The van der Waals surface area contributed by atoms with Crippen molar-refractivity contribution in [3.63, 3.8) is 0 Å². The van der Waals surface area contributed by atoms with Crippen LogP contribution in [0, 0.1) is 6.92 Å². The minimum Gasteiger partial charge on any atom is -0.466 e. The van der Waals surface area contributed by atoms with E-state index < -0.39 is 5.63 Å². The van der Waals surface area contributed by atoms with Crippen molar-refractivity contribution in [2.24, 2.45) is 0 Å². The van der Waals surface area contributed by atoms with Gasteiger partial charge in [-0.3, -0.25) is 4.79 Å². The molecule has 0 spiro atoms. The average Bonchev–Trinajstić information content (AvgIpc) is 2.35. The molecule has 0 bridgehead atoms. The van der Waals surface area contributed by atoms with Crippen LogP contribution in [-0.4, -0.2) is 12.6 Å². The van der Waals surface area contributed by atoms with Crippen molar-refractivity contribution in [1.29, 1.82) is 0 Å². The van der Waals surface area contributed by atoms with Crippen LogP contribution in [0.4, 0.5) is 0 Å². The zero-order valence-electron chi connectivity index (χ0n) is 11.1. The van der Waals surface area contributed by atoms with Gasteiger partial charge in [-0.1, -0.05) is 12.1 Å². The molecule has 0 unspecified atom stereocenters. The second kappa shape index (κ2) is 5.69. The van der Waals surface area contributed by atoms with Gasteiger partial charge in [-0.25, -0.2) is 4.79 Å². The Kier molecular flexibility index (Phi) is 4.00. The number of ether oxygens (including phenoxy) is 1. The van der Waals surface area contributed by atoms with Gasteiger partial charge in [-0.2, -0.15) is 0 Å². The standard InChI is InChI=1S/C15H16O4/c1-3-18-14(16)7-5-11-9-15(17)19-13-8-10(2)4-6-12(11)13/h4,6,8-9H,3,5,7H2,1-2H3. The lowest BCUT2D eigenvalue weighted by Gasteiger charge is -2.06. The van der Waals surface area contributed by atoms with Gasteiger partial charge in [0.15, 0.2) is 0 Å². The van der Waals surface area contributed by atoms with Crippen LogP contribution in [0.2, 0.25) is 0 Å². The quantitative estimate of drug-likeness (QED) is 0.626. The van der Waals surface area contributed by atoms with Gasteiger partial charge in [0.05, 0.1) is 6.61 Å². The number of hydrogen-bond acceptors (Lipinski definition) is 4. The summed E-state index contributed by atoms with van der Waals surface area (Å²) in [4.78, 5) is 22.9. The van der Waals surface area contributed by atoms with Gasteiger partial charge in [-0.05, 0) is 37.5 Å². The van der Waals surface area contributed by atoms with Gasteiger partial charge < -0.3 is 9.15 Å². The molecule has 4 heteroatoms. The molecule has 0 aliphatic rings. The predicted molar refractivity (Wildman–Crippen MR) is 72.2 cm³/mol. The fourth-order valence-electron chi connectivity index (χ4n) is 2.01. The molecule has 1 aromatic carbocycles. The van der Waals surface area contributed by atoms with Crippen molar-refractivity contribution in [1.82, 2.24) is 0 Å². The number of rotatable bonds is 4. The van der Waals surface area contributed by atoms with E-state index in [1.807, 2.05) is 25.1 Å². The minimum atomic E-state index is -0.392. The van der Waals surface area contributed by atoms with Crippen molar-refractivity contribution >= 4 is 16.9 Å². The van der Waals surface area contributed by atoms with E-state index in [1.165, 1.54) is 6.07 Å². The Balaban J connectivity index is 2.32. The Bertz CT molecular complexity index is 655. The third kappa shape index (κ3) is 3.22. The summed E-state index contributed by atoms with van der Waals surface area (Å²) in [6.45, 7) is 4.08. The number of fused-ring (bicyclic) bond motifs is 1. The van der Waals surface area contributed by atoms with Gasteiger partial charge in [0.1, 0.15) is 5.58 Å². The Labute approximate surface area is 111 Å². The van der Waals surface area contributed by atoms with Gasteiger partial charge >= 0.3 is 11.6 Å². The lowest BCUT2D eigenvalue weighted by molar-refractivity contribution is -0.143. The molecule has 1 aromatic heterocycles.